The number of aromatic nitrogens is 2. The van der Waals surface area contributed by atoms with E-state index in [1.165, 1.54) is 5.56 Å². The Bertz CT molecular complexity index is 890. The van der Waals surface area contributed by atoms with Gasteiger partial charge in [0.15, 0.2) is 0 Å². The summed E-state index contributed by atoms with van der Waals surface area (Å²) in [6.07, 6.45) is 2.28. The van der Waals surface area contributed by atoms with Gasteiger partial charge in [-0.05, 0) is 12.5 Å². The van der Waals surface area contributed by atoms with Crippen molar-refractivity contribution in [3.63, 3.8) is 0 Å². The largest absolute Gasteiger partial charge is 0.378 e. The highest BCUT2D eigenvalue weighted by Crippen LogP contribution is 2.42. The maximum atomic E-state index is 5.60. The van der Waals surface area contributed by atoms with Gasteiger partial charge in [-0.3, -0.25) is 0 Å². The number of nitrogens with one attached hydrogen (secondary N) is 1. The molecule has 0 aliphatic carbocycles. The Hall–Kier alpha value is -2.64. The molecule has 2 fully saturated rings. The van der Waals surface area contributed by atoms with Gasteiger partial charge < -0.3 is 24.6 Å². The van der Waals surface area contributed by atoms with Crippen LogP contribution in [0.25, 0.3) is 0 Å². The molecule has 7 heteroatoms. The Labute approximate surface area is 171 Å². The third kappa shape index (κ3) is 3.68. The summed E-state index contributed by atoms with van der Waals surface area (Å²) in [6, 6.07) is 10.6. The summed E-state index contributed by atoms with van der Waals surface area (Å²) in [7, 11) is 0. The Morgan fingerprint density at radius 1 is 0.897 bits per heavy atom. The van der Waals surface area contributed by atoms with Crippen molar-refractivity contribution in [1.29, 1.82) is 0 Å². The van der Waals surface area contributed by atoms with Gasteiger partial charge in [0.25, 0.3) is 0 Å². The van der Waals surface area contributed by atoms with Crippen LogP contribution in [0.15, 0.2) is 42.1 Å². The third-order valence-electron chi connectivity index (χ3n) is 5.72. The molecule has 2 saturated heterocycles. The van der Waals surface area contributed by atoms with Crippen LogP contribution in [-0.2, 0) is 9.47 Å². The smallest absolute Gasteiger partial charge is 0.229 e. The second-order valence-electron chi connectivity index (χ2n) is 7.67. The lowest BCUT2D eigenvalue weighted by Crippen LogP contribution is -2.40. The van der Waals surface area contributed by atoms with Gasteiger partial charge in [0, 0.05) is 43.4 Å². The van der Waals surface area contributed by atoms with Crippen LogP contribution in [0.1, 0.15) is 24.0 Å². The highest BCUT2D eigenvalue weighted by molar-refractivity contribution is 5.70. The molecule has 1 N–H and O–H groups in total. The summed E-state index contributed by atoms with van der Waals surface area (Å²) >= 11 is 0. The maximum absolute atomic E-state index is 5.60. The molecule has 5 rings (SSSR count). The molecule has 7 nitrogen and oxygen atoms in total. The number of hydrogen-bond acceptors (Lipinski definition) is 7. The van der Waals surface area contributed by atoms with Crippen molar-refractivity contribution in [2.75, 3.05) is 67.7 Å². The highest BCUT2D eigenvalue weighted by Gasteiger charge is 2.31. The van der Waals surface area contributed by atoms with Gasteiger partial charge in [-0.1, -0.05) is 36.4 Å². The molecule has 4 heterocycles. The molecule has 2 aromatic rings. The third-order valence-corrected chi connectivity index (χ3v) is 5.72. The van der Waals surface area contributed by atoms with E-state index in [-0.39, 0.29) is 5.92 Å². The topological polar surface area (TPSA) is 62.8 Å². The Kier molecular flexibility index (Phi) is 5.08. The molecule has 0 radical (unpaired) electrons. The van der Waals surface area contributed by atoms with E-state index >= 15 is 0 Å². The standard InChI is InChI=1S/C22H27N5O2/c1-16-15-18(17-5-3-2-4-6-17)19-20(23-16)24-22(27-9-13-29-14-10-27)25-21(19)26-7-11-28-12-8-26/h2-6,15,18H,7-14H2,1H3,(H,23,24,25). The number of hydrogen-bond donors (Lipinski definition) is 1. The van der Waals surface area contributed by atoms with Crippen molar-refractivity contribution in [2.45, 2.75) is 12.8 Å². The van der Waals surface area contributed by atoms with Crippen LogP contribution in [0.2, 0.25) is 0 Å². The highest BCUT2D eigenvalue weighted by atomic mass is 16.5. The minimum absolute atomic E-state index is 0.129. The second kappa shape index (κ2) is 8.00. The molecule has 0 spiro atoms. The minimum Gasteiger partial charge on any atom is -0.378 e. The zero-order valence-corrected chi connectivity index (χ0v) is 16.8. The summed E-state index contributed by atoms with van der Waals surface area (Å²) in [6.45, 7) is 8.30. The van der Waals surface area contributed by atoms with E-state index in [0.717, 1.165) is 68.2 Å². The fourth-order valence-corrected chi connectivity index (χ4v) is 4.23. The Balaban J connectivity index is 1.64. The molecule has 3 aliphatic rings. The lowest BCUT2D eigenvalue weighted by molar-refractivity contribution is 0.121. The molecule has 0 bridgehead atoms. The fourth-order valence-electron chi connectivity index (χ4n) is 4.23. The van der Waals surface area contributed by atoms with Gasteiger partial charge in [-0.15, -0.1) is 0 Å². The molecule has 1 aromatic heterocycles. The molecule has 1 aromatic carbocycles. The van der Waals surface area contributed by atoms with Crippen LogP contribution < -0.4 is 15.1 Å². The summed E-state index contributed by atoms with van der Waals surface area (Å²) < 4.78 is 11.1. The van der Waals surface area contributed by atoms with Crippen molar-refractivity contribution in [1.82, 2.24) is 9.97 Å². The lowest BCUT2D eigenvalue weighted by Gasteiger charge is -2.35. The normalized spacial score (nSPS) is 22.0. The zero-order valence-electron chi connectivity index (χ0n) is 16.8. The summed E-state index contributed by atoms with van der Waals surface area (Å²) in [5, 5.41) is 3.51. The number of nitrogens with zero attached hydrogens (tertiary/aromatic N) is 4. The van der Waals surface area contributed by atoms with Crippen molar-refractivity contribution in [3.05, 3.63) is 53.2 Å². The van der Waals surface area contributed by atoms with Crippen molar-refractivity contribution in [3.8, 4) is 0 Å². The van der Waals surface area contributed by atoms with E-state index < -0.39 is 0 Å². The number of morpholine rings is 2. The van der Waals surface area contributed by atoms with Crippen LogP contribution in [-0.4, -0.2) is 62.6 Å². The number of ether oxygens (including phenoxy) is 2. The van der Waals surface area contributed by atoms with E-state index in [0.29, 0.717) is 13.2 Å². The van der Waals surface area contributed by atoms with Crippen molar-refractivity contribution < 1.29 is 9.47 Å². The SMILES string of the molecule is CC1=CC(c2ccccc2)c2c(nc(N3CCOCC3)nc2N2CCOCC2)N1. The number of allylic oxidation sites excluding steroid dienone is 2. The van der Waals surface area contributed by atoms with E-state index in [9.17, 15) is 0 Å². The average molecular weight is 393 g/mol. The van der Waals surface area contributed by atoms with Gasteiger partial charge in [-0.25, -0.2) is 0 Å². The number of anilines is 3. The molecule has 1 unspecified atom stereocenters. The first kappa shape index (κ1) is 18.4. The summed E-state index contributed by atoms with van der Waals surface area (Å²) in [5.74, 6) is 2.84. The van der Waals surface area contributed by atoms with Crippen LogP contribution in [0.3, 0.4) is 0 Å². The molecule has 0 saturated carbocycles. The van der Waals surface area contributed by atoms with Gasteiger partial charge in [0.1, 0.15) is 11.6 Å². The van der Waals surface area contributed by atoms with Crippen LogP contribution >= 0.6 is 0 Å². The summed E-state index contributed by atoms with van der Waals surface area (Å²) in [4.78, 5) is 14.6. The predicted molar refractivity (Wildman–Crippen MR) is 114 cm³/mol. The van der Waals surface area contributed by atoms with Gasteiger partial charge in [0.2, 0.25) is 5.95 Å². The van der Waals surface area contributed by atoms with E-state index in [1.807, 2.05) is 0 Å². The molecule has 3 aliphatic heterocycles. The predicted octanol–water partition coefficient (Wildman–Crippen LogP) is 2.61. The van der Waals surface area contributed by atoms with Gasteiger partial charge in [-0.2, -0.15) is 9.97 Å². The number of rotatable bonds is 3. The zero-order chi connectivity index (χ0) is 19.6. The van der Waals surface area contributed by atoms with Gasteiger partial charge >= 0.3 is 0 Å². The Morgan fingerprint density at radius 2 is 1.55 bits per heavy atom. The molecule has 29 heavy (non-hydrogen) atoms. The molecule has 0 amide bonds. The maximum Gasteiger partial charge on any atom is 0.229 e. The van der Waals surface area contributed by atoms with Crippen molar-refractivity contribution in [2.24, 2.45) is 0 Å². The van der Waals surface area contributed by atoms with E-state index in [2.05, 4.69) is 58.4 Å². The summed E-state index contributed by atoms with van der Waals surface area (Å²) in [5.41, 5.74) is 3.53. The first-order chi connectivity index (χ1) is 14.3. The first-order valence-corrected chi connectivity index (χ1v) is 10.4. The van der Waals surface area contributed by atoms with E-state index in [1.54, 1.807) is 0 Å². The molecular formula is C22H27N5O2. The second-order valence-corrected chi connectivity index (χ2v) is 7.67. The van der Waals surface area contributed by atoms with Crippen LogP contribution in [0.5, 0.6) is 0 Å². The van der Waals surface area contributed by atoms with Crippen LogP contribution in [0.4, 0.5) is 17.6 Å². The number of fused-ring (bicyclic) bond motifs is 1. The lowest BCUT2D eigenvalue weighted by atomic mass is 9.88. The monoisotopic (exact) mass is 393 g/mol. The fraction of sp³-hybridized carbons (Fsp3) is 0.455. The molecule has 152 valence electrons. The first-order valence-electron chi connectivity index (χ1n) is 10.4. The average Bonchev–Trinajstić information content (AvgIpc) is 2.79. The van der Waals surface area contributed by atoms with Gasteiger partial charge in [0.05, 0.1) is 26.4 Å². The van der Waals surface area contributed by atoms with Crippen LogP contribution in [0, 0.1) is 0 Å². The number of benzene rings is 1. The minimum atomic E-state index is 0.129. The Morgan fingerprint density at radius 3 is 2.24 bits per heavy atom. The van der Waals surface area contributed by atoms with Crippen molar-refractivity contribution >= 4 is 17.6 Å². The van der Waals surface area contributed by atoms with E-state index in [4.69, 9.17) is 19.4 Å². The molecule has 1 atom stereocenters. The quantitative estimate of drug-likeness (QED) is 0.860. The molecular weight excluding hydrogens is 366 g/mol.